The fraction of sp³-hybridized carbons (Fsp3) is 0.105. The zero-order valence-corrected chi connectivity index (χ0v) is 13.9. The van der Waals surface area contributed by atoms with Crippen LogP contribution in [-0.2, 0) is 0 Å². The summed E-state index contributed by atoms with van der Waals surface area (Å²) in [5.41, 5.74) is 11.4. The summed E-state index contributed by atoms with van der Waals surface area (Å²) in [5, 5.41) is 19.5. The van der Waals surface area contributed by atoms with Crippen LogP contribution >= 0.6 is 11.6 Å². The Labute approximate surface area is 145 Å². The Morgan fingerprint density at radius 2 is 1.96 bits per heavy atom. The zero-order valence-electron chi connectivity index (χ0n) is 13.2. The SMILES string of the molecule is CC1=C(C#N)c2nc(N)c(C#N)c(C)c2/C1=C/c1cccc(Cl)c1. The lowest BCUT2D eigenvalue weighted by Crippen LogP contribution is -2.03. The fourth-order valence-electron chi connectivity index (χ4n) is 2.96. The van der Waals surface area contributed by atoms with E-state index in [-0.39, 0.29) is 5.82 Å². The van der Waals surface area contributed by atoms with E-state index in [1.54, 1.807) is 6.07 Å². The normalized spacial score (nSPS) is 14.5. The first-order valence-corrected chi connectivity index (χ1v) is 7.65. The molecule has 1 aliphatic carbocycles. The molecule has 0 saturated heterocycles. The second-order valence-corrected chi connectivity index (χ2v) is 5.99. The average molecular weight is 333 g/mol. The van der Waals surface area contributed by atoms with Crippen LogP contribution in [0.3, 0.4) is 0 Å². The van der Waals surface area contributed by atoms with Gasteiger partial charge in [0.05, 0.1) is 16.8 Å². The lowest BCUT2D eigenvalue weighted by atomic mass is 9.95. The molecule has 0 saturated carbocycles. The first kappa shape index (κ1) is 15.8. The number of hydrogen-bond donors (Lipinski definition) is 1. The standard InChI is InChI=1S/C19H13ClN4/c1-10-14(7-12-4-3-5-13(20)6-12)17-11(2)16(9-22)19(23)24-18(17)15(10)8-21/h3-7H,1-2H3,(H2,23,24)/b14-7+. The van der Waals surface area contributed by atoms with Crippen molar-refractivity contribution in [3.8, 4) is 12.1 Å². The Morgan fingerprint density at radius 1 is 1.21 bits per heavy atom. The number of anilines is 1. The molecular weight excluding hydrogens is 320 g/mol. The van der Waals surface area contributed by atoms with Crippen LogP contribution in [0.2, 0.25) is 5.02 Å². The van der Waals surface area contributed by atoms with Gasteiger partial charge in [0, 0.05) is 10.6 Å². The van der Waals surface area contributed by atoms with Crippen LogP contribution in [0.1, 0.15) is 34.9 Å². The van der Waals surface area contributed by atoms with Crippen LogP contribution in [0.5, 0.6) is 0 Å². The lowest BCUT2D eigenvalue weighted by Gasteiger charge is -2.11. The number of benzene rings is 1. The molecule has 0 spiro atoms. The molecule has 0 fully saturated rings. The van der Waals surface area contributed by atoms with Crippen molar-refractivity contribution in [2.45, 2.75) is 13.8 Å². The molecule has 1 aliphatic rings. The van der Waals surface area contributed by atoms with Crippen LogP contribution in [0.25, 0.3) is 17.2 Å². The Morgan fingerprint density at radius 3 is 2.58 bits per heavy atom. The molecule has 0 unspecified atom stereocenters. The van der Waals surface area contributed by atoms with Gasteiger partial charge in [-0.1, -0.05) is 23.7 Å². The predicted molar refractivity (Wildman–Crippen MR) is 95.6 cm³/mol. The van der Waals surface area contributed by atoms with Crippen molar-refractivity contribution in [3.05, 3.63) is 62.8 Å². The molecular formula is C19H13ClN4. The van der Waals surface area contributed by atoms with Gasteiger partial charge < -0.3 is 5.73 Å². The van der Waals surface area contributed by atoms with Crippen molar-refractivity contribution in [2.24, 2.45) is 0 Å². The highest BCUT2D eigenvalue weighted by atomic mass is 35.5. The van der Waals surface area contributed by atoms with E-state index in [2.05, 4.69) is 17.1 Å². The number of fused-ring (bicyclic) bond motifs is 1. The maximum absolute atomic E-state index is 9.52. The van der Waals surface area contributed by atoms with E-state index in [0.717, 1.165) is 27.8 Å². The van der Waals surface area contributed by atoms with Crippen molar-refractivity contribution >= 4 is 34.6 Å². The second kappa shape index (κ2) is 5.85. The molecule has 5 heteroatoms. The maximum atomic E-state index is 9.52. The highest BCUT2D eigenvalue weighted by Crippen LogP contribution is 2.44. The zero-order chi connectivity index (χ0) is 17.4. The van der Waals surface area contributed by atoms with Crippen molar-refractivity contribution in [2.75, 3.05) is 5.73 Å². The van der Waals surface area contributed by atoms with Crippen LogP contribution < -0.4 is 5.73 Å². The summed E-state index contributed by atoms with van der Waals surface area (Å²) in [7, 11) is 0. The highest BCUT2D eigenvalue weighted by Gasteiger charge is 2.29. The Hall–Kier alpha value is -3.08. The number of allylic oxidation sites excluding steroid dienone is 3. The molecule has 0 atom stereocenters. The van der Waals surface area contributed by atoms with Crippen molar-refractivity contribution in [1.82, 2.24) is 4.98 Å². The van der Waals surface area contributed by atoms with E-state index in [4.69, 9.17) is 17.3 Å². The molecule has 2 N–H and O–H groups in total. The van der Waals surface area contributed by atoms with Gasteiger partial charge in [0.15, 0.2) is 0 Å². The number of nitriles is 2. The van der Waals surface area contributed by atoms with Gasteiger partial charge in [-0.25, -0.2) is 4.98 Å². The molecule has 2 aromatic rings. The minimum absolute atomic E-state index is 0.151. The van der Waals surface area contributed by atoms with E-state index in [1.807, 2.05) is 38.1 Å². The molecule has 0 aliphatic heterocycles. The molecule has 0 amide bonds. The van der Waals surface area contributed by atoms with Crippen LogP contribution in [-0.4, -0.2) is 4.98 Å². The van der Waals surface area contributed by atoms with E-state index in [1.165, 1.54) is 0 Å². The van der Waals surface area contributed by atoms with Gasteiger partial charge in [-0.05, 0) is 54.3 Å². The number of pyridine rings is 1. The second-order valence-electron chi connectivity index (χ2n) is 5.56. The van der Waals surface area contributed by atoms with E-state index in [0.29, 0.717) is 21.9 Å². The summed E-state index contributed by atoms with van der Waals surface area (Å²) in [6.45, 7) is 3.70. The van der Waals surface area contributed by atoms with Gasteiger partial charge in [-0.15, -0.1) is 0 Å². The van der Waals surface area contributed by atoms with Crippen LogP contribution in [0.4, 0.5) is 5.82 Å². The summed E-state index contributed by atoms with van der Waals surface area (Å²) in [4.78, 5) is 4.31. The quantitative estimate of drug-likeness (QED) is 0.841. The van der Waals surface area contributed by atoms with Crippen molar-refractivity contribution in [1.29, 1.82) is 10.5 Å². The van der Waals surface area contributed by atoms with E-state index < -0.39 is 0 Å². The minimum Gasteiger partial charge on any atom is -0.383 e. The number of nitrogens with two attached hydrogens (primary N) is 1. The monoisotopic (exact) mass is 332 g/mol. The maximum Gasteiger partial charge on any atom is 0.142 e. The highest BCUT2D eigenvalue weighted by molar-refractivity contribution is 6.30. The Kier molecular flexibility index (Phi) is 3.85. The fourth-order valence-corrected chi connectivity index (χ4v) is 3.16. The summed E-state index contributed by atoms with van der Waals surface area (Å²) in [6.07, 6.45) is 1.95. The summed E-state index contributed by atoms with van der Waals surface area (Å²) >= 11 is 6.06. The van der Waals surface area contributed by atoms with E-state index >= 15 is 0 Å². The lowest BCUT2D eigenvalue weighted by molar-refractivity contribution is 1.22. The van der Waals surface area contributed by atoms with Gasteiger partial charge in [-0.2, -0.15) is 10.5 Å². The summed E-state index contributed by atoms with van der Waals surface area (Å²) in [5.74, 6) is 0.151. The summed E-state index contributed by atoms with van der Waals surface area (Å²) < 4.78 is 0. The number of rotatable bonds is 1. The molecule has 3 rings (SSSR count). The Balaban J connectivity index is 2.34. The smallest absolute Gasteiger partial charge is 0.142 e. The minimum atomic E-state index is 0.151. The number of aromatic nitrogens is 1. The van der Waals surface area contributed by atoms with Crippen molar-refractivity contribution < 1.29 is 0 Å². The molecule has 116 valence electrons. The molecule has 1 aromatic carbocycles. The van der Waals surface area contributed by atoms with Gasteiger partial charge in [-0.3, -0.25) is 0 Å². The van der Waals surface area contributed by atoms with Crippen molar-refractivity contribution in [3.63, 3.8) is 0 Å². The first-order chi connectivity index (χ1) is 11.5. The number of nitrogen functional groups attached to an aromatic ring is 1. The van der Waals surface area contributed by atoms with Gasteiger partial charge >= 0.3 is 0 Å². The van der Waals surface area contributed by atoms with E-state index in [9.17, 15) is 10.5 Å². The number of nitrogens with zero attached hydrogens (tertiary/aromatic N) is 3. The average Bonchev–Trinajstić information content (AvgIpc) is 2.79. The summed E-state index contributed by atoms with van der Waals surface area (Å²) in [6, 6.07) is 11.7. The molecule has 0 bridgehead atoms. The third-order valence-corrected chi connectivity index (χ3v) is 4.38. The van der Waals surface area contributed by atoms with Gasteiger partial charge in [0.2, 0.25) is 0 Å². The molecule has 0 radical (unpaired) electrons. The van der Waals surface area contributed by atoms with Gasteiger partial charge in [0.25, 0.3) is 0 Å². The van der Waals surface area contributed by atoms with Crippen LogP contribution in [0, 0.1) is 29.6 Å². The molecule has 4 nitrogen and oxygen atoms in total. The van der Waals surface area contributed by atoms with Crippen LogP contribution in [0.15, 0.2) is 29.8 Å². The topological polar surface area (TPSA) is 86.5 Å². The molecule has 24 heavy (non-hydrogen) atoms. The largest absolute Gasteiger partial charge is 0.383 e. The van der Waals surface area contributed by atoms with Gasteiger partial charge in [0.1, 0.15) is 18.0 Å². The first-order valence-electron chi connectivity index (χ1n) is 7.27. The molecule has 1 aromatic heterocycles. The third-order valence-electron chi connectivity index (χ3n) is 4.14. The number of halogens is 1. The Bertz CT molecular complexity index is 1020. The predicted octanol–water partition coefficient (Wildman–Crippen LogP) is 4.35. The molecule has 1 heterocycles. The number of hydrogen-bond acceptors (Lipinski definition) is 4. The third kappa shape index (κ3) is 2.34.